The lowest BCUT2D eigenvalue weighted by molar-refractivity contribution is -0.141. The van der Waals surface area contributed by atoms with Crippen molar-refractivity contribution in [3.05, 3.63) is 40.7 Å². The molecule has 1 aliphatic rings. The molecule has 0 spiro atoms. The minimum atomic E-state index is -0.833. The molecule has 1 amide bonds. The van der Waals surface area contributed by atoms with Crippen LogP contribution in [0.1, 0.15) is 24.8 Å². The molecule has 1 aliphatic carbocycles. The Labute approximate surface area is 126 Å². The topological polar surface area (TPSA) is 66.4 Å². The molecule has 0 heterocycles. The Morgan fingerprint density at radius 1 is 1.38 bits per heavy atom. The quantitative estimate of drug-likeness (QED) is 0.840. The van der Waals surface area contributed by atoms with Gasteiger partial charge >= 0.3 is 5.97 Å². The molecule has 1 aromatic carbocycles. The molecule has 0 saturated heterocycles. The van der Waals surface area contributed by atoms with Crippen molar-refractivity contribution < 1.29 is 19.1 Å². The number of amides is 1. The zero-order chi connectivity index (χ0) is 15.4. The third kappa shape index (κ3) is 4.04. The summed E-state index contributed by atoms with van der Waals surface area (Å²) in [5, 5.41) is 11.8. The molecule has 2 N–H and O–H groups in total. The fourth-order valence-corrected chi connectivity index (χ4v) is 2.64. The van der Waals surface area contributed by atoms with Crippen LogP contribution in [0.25, 0.3) is 6.08 Å². The third-order valence-corrected chi connectivity index (χ3v) is 3.86. The van der Waals surface area contributed by atoms with Crippen molar-refractivity contribution in [1.29, 1.82) is 0 Å². The van der Waals surface area contributed by atoms with Gasteiger partial charge in [-0.05, 0) is 37.5 Å². The summed E-state index contributed by atoms with van der Waals surface area (Å²) in [4.78, 5) is 22.6. The summed E-state index contributed by atoms with van der Waals surface area (Å²) in [7, 11) is 0. The van der Waals surface area contributed by atoms with Crippen molar-refractivity contribution in [2.45, 2.75) is 25.3 Å². The van der Waals surface area contributed by atoms with E-state index in [9.17, 15) is 14.0 Å². The van der Waals surface area contributed by atoms with E-state index < -0.39 is 17.7 Å². The first-order valence-corrected chi connectivity index (χ1v) is 7.00. The summed E-state index contributed by atoms with van der Waals surface area (Å²) in [6, 6.07) is 4.13. The Morgan fingerprint density at radius 2 is 2.14 bits per heavy atom. The van der Waals surface area contributed by atoms with Crippen molar-refractivity contribution in [1.82, 2.24) is 5.32 Å². The monoisotopic (exact) mass is 311 g/mol. The normalized spacial score (nSPS) is 21.6. The number of carbonyl (C=O) groups is 2. The Morgan fingerprint density at radius 3 is 2.76 bits per heavy atom. The lowest BCUT2D eigenvalue weighted by Crippen LogP contribution is -2.31. The minimum absolute atomic E-state index is 0.153. The van der Waals surface area contributed by atoms with Crippen molar-refractivity contribution in [3.63, 3.8) is 0 Å². The van der Waals surface area contributed by atoms with Crippen LogP contribution >= 0.6 is 11.6 Å². The molecule has 1 fully saturated rings. The van der Waals surface area contributed by atoms with E-state index in [1.54, 1.807) is 0 Å². The number of hydrogen-bond acceptors (Lipinski definition) is 2. The van der Waals surface area contributed by atoms with E-state index in [1.807, 2.05) is 0 Å². The highest BCUT2D eigenvalue weighted by molar-refractivity contribution is 6.32. The molecule has 0 aliphatic heterocycles. The van der Waals surface area contributed by atoms with E-state index in [-0.39, 0.29) is 22.5 Å². The maximum Gasteiger partial charge on any atom is 0.306 e. The van der Waals surface area contributed by atoms with Gasteiger partial charge in [0.05, 0.1) is 10.9 Å². The number of carboxylic acid groups (broad SMARTS) is 1. The average Bonchev–Trinajstić information content (AvgIpc) is 2.87. The van der Waals surface area contributed by atoms with Crippen molar-refractivity contribution in [2.75, 3.05) is 0 Å². The summed E-state index contributed by atoms with van der Waals surface area (Å²) >= 11 is 5.85. The number of carboxylic acids is 1. The summed E-state index contributed by atoms with van der Waals surface area (Å²) in [6.07, 6.45) is 4.14. The minimum Gasteiger partial charge on any atom is -0.481 e. The van der Waals surface area contributed by atoms with E-state index in [1.165, 1.54) is 30.4 Å². The van der Waals surface area contributed by atoms with Crippen LogP contribution in [-0.4, -0.2) is 23.0 Å². The predicted octanol–water partition coefficient (Wildman–Crippen LogP) is 2.86. The van der Waals surface area contributed by atoms with Crippen LogP contribution in [0.5, 0.6) is 0 Å². The second kappa shape index (κ2) is 6.72. The Hall–Kier alpha value is -1.88. The molecule has 21 heavy (non-hydrogen) atoms. The summed E-state index contributed by atoms with van der Waals surface area (Å²) in [6.45, 7) is 0. The number of benzene rings is 1. The van der Waals surface area contributed by atoms with Gasteiger partial charge in [0.15, 0.2) is 0 Å². The number of hydrogen-bond donors (Lipinski definition) is 2. The van der Waals surface area contributed by atoms with E-state index in [0.29, 0.717) is 19.3 Å². The number of carbonyl (C=O) groups excluding carboxylic acids is 1. The van der Waals surface area contributed by atoms with Crippen LogP contribution in [0, 0.1) is 11.7 Å². The van der Waals surface area contributed by atoms with E-state index in [0.717, 1.165) is 0 Å². The standard InChI is InChI=1S/C15H15ClFNO3/c16-12-2-1-3-13(17)11(12)6-7-14(19)18-10-5-4-9(8-10)15(20)21/h1-3,6-7,9-10H,4-5,8H2,(H,18,19)(H,20,21)/b7-6+/t9-,10+/m1/s1. The fourth-order valence-electron chi connectivity index (χ4n) is 2.42. The van der Waals surface area contributed by atoms with Gasteiger partial charge < -0.3 is 10.4 Å². The first kappa shape index (κ1) is 15.5. The molecule has 6 heteroatoms. The molecule has 1 saturated carbocycles. The first-order chi connectivity index (χ1) is 9.97. The van der Waals surface area contributed by atoms with Gasteiger partial charge in [-0.25, -0.2) is 4.39 Å². The van der Waals surface area contributed by atoms with E-state index >= 15 is 0 Å². The lowest BCUT2D eigenvalue weighted by Gasteiger charge is -2.10. The molecule has 2 atom stereocenters. The van der Waals surface area contributed by atoms with Gasteiger partial charge in [-0.15, -0.1) is 0 Å². The molecule has 0 bridgehead atoms. The Bertz CT molecular complexity index is 568. The molecule has 1 aromatic rings. The van der Waals surface area contributed by atoms with Gasteiger partial charge in [0.25, 0.3) is 0 Å². The van der Waals surface area contributed by atoms with Gasteiger partial charge in [-0.3, -0.25) is 9.59 Å². The summed E-state index contributed by atoms with van der Waals surface area (Å²) < 4.78 is 13.5. The van der Waals surface area contributed by atoms with Gasteiger partial charge in [0.1, 0.15) is 5.82 Å². The molecular formula is C15H15ClFNO3. The number of aliphatic carboxylic acids is 1. The molecule has 2 rings (SSSR count). The van der Waals surface area contributed by atoms with Crippen molar-refractivity contribution in [2.24, 2.45) is 5.92 Å². The summed E-state index contributed by atoms with van der Waals surface area (Å²) in [5.41, 5.74) is 0.157. The molecular weight excluding hydrogens is 297 g/mol. The highest BCUT2D eigenvalue weighted by atomic mass is 35.5. The number of rotatable bonds is 4. The van der Waals surface area contributed by atoms with Gasteiger partial charge in [-0.2, -0.15) is 0 Å². The largest absolute Gasteiger partial charge is 0.481 e. The Kier molecular flexibility index (Phi) is 4.96. The maximum atomic E-state index is 13.5. The van der Waals surface area contributed by atoms with Crippen LogP contribution in [0.3, 0.4) is 0 Å². The molecule has 112 valence electrons. The lowest BCUT2D eigenvalue weighted by atomic mass is 10.1. The zero-order valence-electron chi connectivity index (χ0n) is 11.2. The first-order valence-electron chi connectivity index (χ1n) is 6.62. The number of nitrogens with one attached hydrogen (secondary N) is 1. The van der Waals surface area contributed by atoms with Crippen LogP contribution < -0.4 is 5.32 Å². The number of halogens is 2. The van der Waals surface area contributed by atoms with Crippen LogP contribution in [-0.2, 0) is 9.59 Å². The maximum absolute atomic E-state index is 13.5. The second-order valence-electron chi connectivity index (χ2n) is 5.02. The predicted molar refractivity (Wildman–Crippen MR) is 77.4 cm³/mol. The molecule has 0 unspecified atom stereocenters. The van der Waals surface area contributed by atoms with Gasteiger partial charge in [0, 0.05) is 17.7 Å². The van der Waals surface area contributed by atoms with Gasteiger partial charge in [0.2, 0.25) is 5.91 Å². The fraction of sp³-hybridized carbons (Fsp3) is 0.333. The second-order valence-corrected chi connectivity index (χ2v) is 5.43. The van der Waals surface area contributed by atoms with Crippen molar-refractivity contribution in [3.8, 4) is 0 Å². The Balaban J connectivity index is 1.93. The van der Waals surface area contributed by atoms with Crippen LogP contribution in [0.2, 0.25) is 5.02 Å². The average molecular weight is 312 g/mol. The van der Waals surface area contributed by atoms with Gasteiger partial charge in [-0.1, -0.05) is 17.7 Å². The zero-order valence-corrected chi connectivity index (χ0v) is 11.9. The smallest absolute Gasteiger partial charge is 0.306 e. The van der Waals surface area contributed by atoms with Crippen molar-refractivity contribution >= 4 is 29.6 Å². The van der Waals surface area contributed by atoms with E-state index in [2.05, 4.69) is 5.32 Å². The third-order valence-electron chi connectivity index (χ3n) is 3.53. The summed E-state index contributed by atoms with van der Waals surface area (Å²) in [5.74, 6) is -2.12. The SMILES string of the molecule is O=C(/C=C/c1c(F)cccc1Cl)N[C@H]1CC[C@@H](C(=O)O)C1. The van der Waals surface area contributed by atoms with Crippen LogP contribution in [0.4, 0.5) is 4.39 Å². The highest BCUT2D eigenvalue weighted by Crippen LogP contribution is 2.25. The molecule has 0 aromatic heterocycles. The highest BCUT2D eigenvalue weighted by Gasteiger charge is 2.30. The van der Waals surface area contributed by atoms with Crippen LogP contribution in [0.15, 0.2) is 24.3 Å². The molecule has 0 radical (unpaired) electrons. The molecule has 4 nitrogen and oxygen atoms in total. The van der Waals surface area contributed by atoms with E-state index in [4.69, 9.17) is 16.7 Å².